The summed E-state index contributed by atoms with van der Waals surface area (Å²) < 4.78 is 44.7. The van der Waals surface area contributed by atoms with E-state index in [4.69, 9.17) is 4.74 Å². The van der Waals surface area contributed by atoms with E-state index in [1.807, 2.05) is 23.1 Å². The van der Waals surface area contributed by atoms with E-state index in [9.17, 15) is 22.9 Å². The Morgan fingerprint density at radius 1 is 1.00 bits per heavy atom. The highest BCUT2D eigenvalue weighted by Crippen LogP contribution is 2.42. The molecule has 3 aliphatic rings. The number of carbonyl (C=O) groups is 1. The van der Waals surface area contributed by atoms with Crippen molar-refractivity contribution in [2.24, 2.45) is 5.18 Å². The maximum absolute atomic E-state index is 12.9. The Morgan fingerprint density at radius 3 is 2.33 bits per heavy atom. The van der Waals surface area contributed by atoms with Gasteiger partial charge in [0.25, 0.3) is 5.91 Å². The lowest BCUT2D eigenvalue weighted by molar-refractivity contribution is -0.145. The number of hydrogen-bond acceptors (Lipinski definition) is 8. The number of alkyl halides is 3. The number of rotatable bonds is 4. The zero-order valence-electron chi connectivity index (χ0n) is 21.8. The molecule has 0 saturated carbocycles. The van der Waals surface area contributed by atoms with Gasteiger partial charge in [0.15, 0.2) is 0 Å². The average Bonchev–Trinajstić information content (AvgIpc) is 3.53. The summed E-state index contributed by atoms with van der Waals surface area (Å²) in [5.41, 5.74) is 2.69. The normalized spacial score (nSPS) is 21.8. The molecule has 1 unspecified atom stereocenters. The summed E-state index contributed by atoms with van der Waals surface area (Å²) in [6.07, 6.45) is 2.27. The van der Waals surface area contributed by atoms with Gasteiger partial charge in [-0.2, -0.15) is 18.1 Å². The lowest BCUT2D eigenvalue weighted by Gasteiger charge is -2.39. The van der Waals surface area contributed by atoms with Crippen molar-refractivity contribution < 1.29 is 22.7 Å². The molecule has 1 spiro atoms. The lowest BCUT2D eigenvalue weighted by Crippen LogP contribution is -2.47. The van der Waals surface area contributed by atoms with Crippen LogP contribution in [0.5, 0.6) is 5.75 Å². The Balaban J connectivity index is 1.10. The minimum Gasteiger partial charge on any atom is -0.485 e. The molecule has 2 aromatic heterocycles. The van der Waals surface area contributed by atoms with Crippen LogP contribution in [0, 0.1) is 4.91 Å². The zero-order valence-corrected chi connectivity index (χ0v) is 21.8. The molecule has 1 amide bonds. The first-order chi connectivity index (χ1) is 19.1. The molecule has 3 aromatic rings. The number of halogens is 3. The third kappa shape index (κ3) is 4.86. The van der Waals surface area contributed by atoms with E-state index >= 15 is 0 Å². The van der Waals surface area contributed by atoms with Gasteiger partial charge in [0.05, 0.1) is 30.0 Å². The molecule has 2 saturated heterocycles. The summed E-state index contributed by atoms with van der Waals surface area (Å²) in [5, 5.41) is 3.18. The summed E-state index contributed by atoms with van der Waals surface area (Å²) >= 11 is 0. The fourth-order valence-corrected chi connectivity index (χ4v) is 5.73. The molecule has 0 bridgehead atoms. The fraction of sp³-hybridized carbons (Fsp3) is 0.429. The van der Waals surface area contributed by atoms with Crippen LogP contribution in [-0.2, 0) is 12.6 Å². The Kier molecular flexibility index (Phi) is 6.23. The van der Waals surface area contributed by atoms with Crippen LogP contribution >= 0.6 is 0 Å². The number of benzene rings is 1. The lowest BCUT2D eigenvalue weighted by atomic mass is 9.87. The molecule has 40 heavy (non-hydrogen) atoms. The molecule has 0 radical (unpaired) electrons. The van der Waals surface area contributed by atoms with E-state index in [1.54, 1.807) is 30.2 Å². The van der Waals surface area contributed by atoms with Gasteiger partial charge >= 0.3 is 6.18 Å². The molecule has 208 valence electrons. The van der Waals surface area contributed by atoms with Gasteiger partial charge < -0.3 is 14.5 Å². The van der Waals surface area contributed by atoms with Crippen LogP contribution in [0.15, 0.2) is 54.1 Å². The predicted molar refractivity (Wildman–Crippen MR) is 140 cm³/mol. The number of nitroso groups, excluding NO2 is 1. The summed E-state index contributed by atoms with van der Waals surface area (Å²) in [7, 11) is 0. The van der Waals surface area contributed by atoms with Gasteiger partial charge in [-0.1, -0.05) is 17.3 Å². The largest absolute Gasteiger partial charge is 0.485 e. The molecule has 3 aliphatic heterocycles. The number of nitrogens with zero attached hydrogens (tertiary/aromatic N) is 6. The number of likely N-dealkylation sites (tertiary alicyclic amines) is 1. The molecule has 0 N–H and O–H groups in total. The van der Waals surface area contributed by atoms with Crippen LogP contribution in [0.1, 0.15) is 47.9 Å². The molecule has 6 rings (SSSR count). The molecule has 0 aliphatic carbocycles. The van der Waals surface area contributed by atoms with E-state index in [0.29, 0.717) is 63.1 Å². The van der Waals surface area contributed by atoms with Crippen LogP contribution in [-0.4, -0.2) is 63.1 Å². The van der Waals surface area contributed by atoms with Crippen molar-refractivity contribution in [3.63, 3.8) is 0 Å². The van der Waals surface area contributed by atoms with E-state index in [2.05, 4.69) is 20.1 Å². The molecule has 1 atom stereocenters. The number of ether oxygens (including phenoxy) is 1. The maximum Gasteiger partial charge on any atom is 0.451 e. The summed E-state index contributed by atoms with van der Waals surface area (Å²) in [4.78, 5) is 39.1. The molecule has 2 fully saturated rings. The van der Waals surface area contributed by atoms with Gasteiger partial charge in [-0.3, -0.25) is 9.78 Å². The first-order valence-corrected chi connectivity index (χ1v) is 13.1. The number of piperidine rings is 1. The standard InChI is InChI=1S/C28H27F3N6O3/c1-26(35-39)6-9-37(17-26)24(38)19-4-2-18(3-5-19)22-12-20-13-27(40-23(20)16-32-22)7-10-36(11-8-27)21-14-33-25(34-15-21)28(29,30)31/h2-5,12,14-16H,6-11,13,17H2,1H3. The monoisotopic (exact) mass is 552 g/mol. The predicted octanol–water partition coefficient (Wildman–Crippen LogP) is 4.90. The summed E-state index contributed by atoms with van der Waals surface area (Å²) in [6, 6.07) is 9.29. The van der Waals surface area contributed by atoms with Crippen LogP contribution in [0.4, 0.5) is 18.9 Å². The van der Waals surface area contributed by atoms with Gasteiger partial charge in [0.1, 0.15) is 16.9 Å². The molecule has 5 heterocycles. The molecular weight excluding hydrogens is 525 g/mol. The first-order valence-electron chi connectivity index (χ1n) is 13.1. The van der Waals surface area contributed by atoms with E-state index in [-0.39, 0.29) is 11.5 Å². The average molecular weight is 553 g/mol. The number of amides is 1. The fourth-order valence-electron chi connectivity index (χ4n) is 5.73. The zero-order chi connectivity index (χ0) is 28.1. The van der Waals surface area contributed by atoms with Crippen LogP contribution in [0.2, 0.25) is 0 Å². The third-order valence-electron chi connectivity index (χ3n) is 8.11. The van der Waals surface area contributed by atoms with Crippen molar-refractivity contribution in [2.45, 2.75) is 49.9 Å². The Morgan fingerprint density at radius 2 is 1.70 bits per heavy atom. The van der Waals surface area contributed by atoms with Crippen molar-refractivity contribution in [1.82, 2.24) is 19.9 Å². The van der Waals surface area contributed by atoms with Crippen LogP contribution in [0.25, 0.3) is 11.3 Å². The topological polar surface area (TPSA) is 101 Å². The van der Waals surface area contributed by atoms with Crippen LogP contribution < -0.4 is 9.64 Å². The number of anilines is 1. The molecular formula is C28H27F3N6O3. The minimum absolute atomic E-state index is 0.120. The van der Waals surface area contributed by atoms with E-state index in [0.717, 1.165) is 22.6 Å². The van der Waals surface area contributed by atoms with Crippen molar-refractivity contribution in [3.05, 3.63) is 70.8 Å². The molecule has 1 aromatic carbocycles. The number of hydrogen-bond donors (Lipinski definition) is 0. The Bertz CT molecular complexity index is 1440. The number of carbonyl (C=O) groups excluding carboxylic acids is 1. The maximum atomic E-state index is 12.9. The van der Waals surface area contributed by atoms with E-state index in [1.165, 1.54) is 12.4 Å². The number of aromatic nitrogens is 3. The van der Waals surface area contributed by atoms with Crippen molar-refractivity contribution in [3.8, 4) is 17.0 Å². The third-order valence-corrected chi connectivity index (χ3v) is 8.11. The highest BCUT2D eigenvalue weighted by molar-refractivity contribution is 5.95. The van der Waals surface area contributed by atoms with E-state index < -0.39 is 17.5 Å². The van der Waals surface area contributed by atoms with Crippen molar-refractivity contribution >= 4 is 11.6 Å². The quantitative estimate of drug-likeness (QED) is 0.424. The summed E-state index contributed by atoms with van der Waals surface area (Å²) in [6.45, 7) is 3.81. The highest BCUT2D eigenvalue weighted by atomic mass is 19.4. The van der Waals surface area contributed by atoms with Gasteiger partial charge in [-0.15, -0.1) is 0 Å². The van der Waals surface area contributed by atoms with Gasteiger partial charge in [0.2, 0.25) is 5.82 Å². The van der Waals surface area contributed by atoms with Crippen molar-refractivity contribution in [2.75, 3.05) is 31.1 Å². The van der Waals surface area contributed by atoms with Crippen LogP contribution in [0.3, 0.4) is 0 Å². The van der Waals surface area contributed by atoms with Gasteiger partial charge in [-0.05, 0) is 31.5 Å². The van der Waals surface area contributed by atoms with Crippen molar-refractivity contribution in [1.29, 1.82) is 0 Å². The van der Waals surface area contributed by atoms with Gasteiger partial charge in [0, 0.05) is 62.1 Å². The Hall–Kier alpha value is -4.09. The number of pyridine rings is 1. The smallest absolute Gasteiger partial charge is 0.451 e. The second kappa shape index (κ2) is 9.53. The molecule has 12 heteroatoms. The Labute approximate surface area is 228 Å². The molecule has 9 nitrogen and oxygen atoms in total. The minimum atomic E-state index is -4.56. The second-order valence-electron chi connectivity index (χ2n) is 11.0. The highest BCUT2D eigenvalue weighted by Gasteiger charge is 2.43. The number of fused-ring (bicyclic) bond motifs is 1. The SMILES string of the molecule is CC1(N=O)CCN(C(=O)c2ccc(-c3cc4c(cn3)OC3(CCN(c5cnc(C(F)(F)F)nc5)CC3)C4)cc2)C1. The summed E-state index contributed by atoms with van der Waals surface area (Å²) in [5.74, 6) is -0.525. The first kappa shape index (κ1) is 26.1. The van der Waals surface area contributed by atoms with Gasteiger partial charge in [-0.25, -0.2) is 9.97 Å². The second-order valence-corrected chi connectivity index (χ2v) is 11.0.